The summed E-state index contributed by atoms with van der Waals surface area (Å²) in [5.74, 6) is -0.0422. The third-order valence-electron chi connectivity index (χ3n) is 3.36. The lowest BCUT2D eigenvalue weighted by Crippen LogP contribution is -2.21. The van der Waals surface area contributed by atoms with Gasteiger partial charge in [-0.05, 0) is 6.07 Å². The van der Waals surface area contributed by atoms with Crippen molar-refractivity contribution in [2.24, 2.45) is 5.92 Å². The molecule has 106 valence electrons. The minimum Gasteiger partial charge on any atom is -0.493 e. The van der Waals surface area contributed by atoms with Crippen molar-refractivity contribution in [3.05, 3.63) is 23.8 Å². The Morgan fingerprint density at radius 2 is 2.05 bits per heavy atom. The Balaban J connectivity index is 0.00000180. The molecule has 0 aromatic heterocycles. The first kappa shape index (κ1) is 15.6. The molecule has 1 aliphatic rings. The lowest BCUT2D eigenvalue weighted by Gasteiger charge is -2.19. The van der Waals surface area contributed by atoms with Crippen LogP contribution in [-0.4, -0.2) is 38.4 Å². The van der Waals surface area contributed by atoms with Crippen LogP contribution in [0.5, 0.6) is 11.5 Å². The first-order valence-corrected chi connectivity index (χ1v) is 5.83. The number of carbonyl (C=O) groups is 1. The lowest BCUT2D eigenvalue weighted by atomic mass is 9.88. The van der Waals surface area contributed by atoms with Crippen molar-refractivity contribution in [1.29, 1.82) is 0 Å². The fourth-order valence-corrected chi connectivity index (χ4v) is 2.47. The van der Waals surface area contributed by atoms with Gasteiger partial charge in [-0.25, -0.2) is 0 Å². The van der Waals surface area contributed by atoms with Crippen molar-refractivity contribution < 1.29 is 19.4 Å². The molecule has 1 aliphatic heterocycles. The molecule has 0 bridgehead atoms. The van der Waals surface area contributed by atoms with E-state index in [1.54, 1.807) is 20.3 Å². The van der Waals surface area contributed by atoms with Gasteiger partial charge in [0.25, 0.3) is 0 Å². The number of carboxylic acid groups (broad SMARTS) is 1. The van der Waals surface area contributed by atoms with Crippen molar-refractivity contribution in [1.82, 2.24) is 5.32 Å². The van der Waals surface area contributed by atoms with Crippen molar-refractivity contribution in [3.63, 3.8) is 0 Å². The Morgan fingerprint density at radius 1 is 1.32 bits per heavy atom. The second-order valence-electron chi connectivity index (χ2n) is 4.29. The Labute approximate surface area is 118 Å². The number of aliphatic carboxylic acids is 1. The monoisotopic (exact) mass is 287 g/mol. The molecule has 0 saturated carbocycles. The molecule has 5 nitrogen and oxygen atoms in total. The molecule has 2 N–H and O–H groups in total. The number of carboxylic acids is 1. The standard InChI is InChI=1S/C13H17NO4.ClH/c1-17-11-5-3-4-8(12(11)18-2)9-6-14-7-10(9)13(15)16;/h3-5,9-10,14H,6-7H2,1-2H3,(H,15,16);1H/t9-,10+;/m1./s1. The highest BCUT2D eigenvalue weighted by Gasteiger charge is 2.36. The van der Waals surface area contributed by atoms with Crippen LogP contribution in [-0.2, 0) is 4.79 Å². The quantitative estimate of drug-likeness (QED) is 0.879. The van der Waals surface area contributed by atoms with Crippen molar-refractivity contribution >= 4 is 18.4 Å². The molecule has 0 aliphatic carbocycles. The van der Waals surface area contributed by atoms with Gasteiger partial charge >= 0.3 is 5.97 Å². The van der Waals surface area contributed by atoms with Crippen LogP contribution in [0.1, 0.15) is 11.5 Å². The van der Waals surface area contributed by atoms with Gasteiger partial charge < -0.3 is 19.9 Å². The van der Waals surface area contributed by atoms with Gasteiger partial charge in [-0.2, -0.15) is 0 Å². The third-order valence-corrected chi connectivity index (χ3v) is 3.36. The fraction of sp³-hybridized carbons (Fsp3) is 0.462. The first-order valence-electron chi connectivity index (χ1n) is 5.83. The average molecular weight is 288 g/mol. The summed E-state index contributed by atoms with van der Waals surface area (Å²) in [7, 11) is 3.14. The highest BCUT2D eigenvalue weighted by molar-refractivity contribution is 5.85. The molecule has 2 rings (SSSR count). The number of ether oxygens (including phenoxy) is 2. The van der Waals surface area contributed by atoms with E-state index in [1.807, 2.05) is 12.1 Å². The van der Waals surface area contributed by atoms with Crippen LogP contribution in [0.2, 0.25) is 0 Å². The van der Waals surface area contributed by atoms with Gasteiger partial charge in [-0.1, -0.05) is 12.1 Å². The number of hydrogen-bond donors (Lipinski definition) is 2. The summed E-state index contributed by atoms with van der Waals surface area (Å²) in [6, 6.07) is 5.56. The van der Waals surface area contributed by atoms with Crippen LogP contribution in [0.4, 0.5) is 0 Å². The van der Waals surface area contributed by atoms with E-state index >= 15 is 0 Å². The molecule has 1 saturated heterocycles. The number of nitrogens with one attached hydrogen (secondary N) is 1. The summed E-state index contributed by atoms with van der Waals surface area (Å²) in [5, 5.41) is 12.3. The summed E-state index contributed by atoms with van der Waals surface area (Å²) in [6.07, 6.45) is 0. The topological polar surface area (TPSA) is 67.8 Å². The first-order chi connectivity index (χ1) is 8.69. The number of benzene rings is 1. The largest absolute Gasteiger partial charge is 0.493 e. The molecule has 0 spiro atoms. The van der Waals surface area contributed by atoms with Crippen LogP contribution in [0.3, 0.4) is 0 Å². The summed E-state index contributed by atoms with van der Waals surface area (Å²) in [4.78, 5) is 11.2. The molecule has 1 fully saturated rings. The number of methoxy groups -OCH3 is 2. The van der Waals surface area contributed by atoms with Crippen LogP contribution < -0.4 is 14.8 Å². The number of para-hydroxylation sites is 1. The zero-order valence-corrected chi connectivity index (χ0v) is 11.7. The van der Waals surface area contributed by atoms with Gasteiger partial charge in [-0.15, -0.1) is 12.4 Å². The van der Waals surface area contributed by atoms with Gasteiger partial charge in [0, 0.05) is 24.6 Å². The fourth-order valence-electron chi connectivity index (χ4n) is 2.47. The maximum Gasteiger partial charge on any atom is 0.308 e. The van der Waals surface area contributed by atoms with E-state index in [-0.39, 0.29) is 18.3 Å². The van der Waals surface area contributed by atoms with Crippen molar-refractivity contribution in [3.8, 4) is 11.5 Å². The Morgan fingerprint density at radius 3 is 2.63 bits per heavy atom. The van der Waals surface area contributed by atoms with Gasteiger partial charge in [0.1, 0.15) is 0 Å². The summed E-state index contributed by atoms with van der Waals surface area (Å²) in [6.45, 7) is 1.13. The molecule has 19 heavy (non-hydrogen) atoms. The van der Waals surface area contributed by atoms with E-state index in [1.165, 1.54) is 0 Å². The summed E-state index contributed by atoms with van der Waals surface area (Å²) < 4.78 is 10.6. The van der Waals surface area contributed by atoms with Crippen LogP contribution in [0, 0.1) is 5.92 Å². The number of rotatable bonds is 4. The lowest BCUT2D eigenvalue weighted by molar-refractivity contribution is -0.141. The Hall–Kier alpha value is -1.46. The number of hydrogen-bond acceptors (Lipinski definition) is 4. The maximum absolute atomic E-state index is 11.2. The molecule has 0 amide bonds. The average Bonchev–Trinajstić information content (AvgIpc) is 2.86. The van der Waals surface area contributed by atoms with Gasteiger partial charge in [0.15, 0.2) is 11.5 Å². The second-order valence-corrected chi connectivity index (χ2v) is 4.29. The molecule has 2 atom stereocenters. The highest BCUT2D eigenvalue weighted by Crippen LogP contribution is 2.39. The molecule has 1 heterocycles. The maximum atomic E-state index is 11.2. The van der Waals surface area contributed by atoms with E-state index in [9.17, 15) is 9.90 Å². The highest BCUT2D eigenvalue weighted by atomic mass is 35.5. The van der Waals surface area contributed by atoms with Crippen LogP contribution in [0.15, 0.2) is 18.2 Å². The Bertz CT molecular complexity index is 452. The number of halogens is 1. The molecular weight excluding hydrogens is 270 g/mol. The van der Waals surface area contributed by atoms with E-state index < -0.39 is 11.9 Å². The van der Waals surface area contributed by atoms with E-state index in [4.69, 9.17) is 9.47 Å². The molecule has 6 heteroatoms. The van der Waals surface area contributed by atoms with Crippen molar-refractivity contribution in [2.45, 2.75) is 5.92 Å². The minimum absolute atomic E-state index is 0. The van der Waals surface area contributed by atoms with Gasteiger partial charge in [-0.3, -0.25) is 4.79 Å². The normalized spacial score (nSPS) is 21.6. The van der Waals surface area contributed by atoms with E-state index in [0.29, 0.717) is 24.6 Å². The molecule has 0 radical (unpaired) electrons. The van der Waals surface area contributed by atoms with Crippen molar-refractivity contribution in [2.75, 3.05) is 27.3 Å². The zero-order valence-electron chi connectivity index (χ0n) is 10.9. The predicted octanol–water partition coefficient (Wildman–Crippen LogP) is 1.51. The minimum atomic E-state index is -0.783. The molecular formula is C13H18ClNO4. The SMILES string of the molecule is COc1cccc([C@H]2CNC[C@@H]2C(=O)O)c1OC.Cl. The van der Waals surface area contributed by atoms with E-state index in [0.717, 1.165) is 5.56 Å². The second kappa shape index (κ2) is 6.63. The molecule has 0 unspecified atom stereocenters. The van der Waals surface area contributed by atoms with Gasteiger partial charge in [0.05, 0.1) is 20.1 Å². The molecule has 1 aromatic rings. The third kappa shape index (κ3) is 2.93. The smallest absolute Gasteiger partial charge is 0.308 e. The predicted molar refractivity (Wildman–Crippen MR) is 73.5 cm³/mol. The summed E-state index contributed by atoms with van der Waals surface area (Å²) in [5.41, 5.74) is 0.884. The van der Waals surface area contributed by atoms with E-state index in [2.05, 4.69) is 5.32 Å². The van der Waals surface area contributed by atoms with Crippen LogP contribution >= 0.6 is 12.4 Å². The summed E-state index contributed by atoms with van der Waals surface area (Å²) >= 11 is 0. The zero-order chi connectivity index (χ0) is 13.1. The van der Waals surface area contributed by atoms with Gasteiger partial charge in [0.2, 0.25) is 0 Å². The Kier molecular flexibility index (Phi) is 5.44. The molecule has 1 aromatic carbocycles. The van der Waals surface area contributed by atoms with Crippen LogP contribution in [0.25, 0.3) is 0 Å².